The number of carbonyl (C=O) groups excluding carboxylic acids is 1. The number of carbonyl (C=O) groups is 1. The first-order chi connectivity index (χ1) is 8.56. The van der Waals surface area contributed by atoms with Crippen LogP contribution < -0.4 is 0 Å². The second kappa shape index (κ2) is 6.80. The van der Waals surface area contributed by atoms with Gasteiger partial charge in [0.25, 0.3) is 5.69 Å². The Hall–Kier alpha value is -1.82. The van der Waals surface area contributed by atoms with Crippen LogP contribution in [0, 0.1) is 10.1 Å². The maximum Gasteiger partial charge on any atom is 0.334 e. The van der Waals surface area contributed by atoms with Gasteiger partial charge in [-0.05, 0) is 13.0 Å². The van der Waals surface area contributed by atoms with Crippen molar-refractivity contribution in [3.8, 4) is 0 Å². The van der Waals surface area contributed by atoms with Crippen molar-refractivity contribution in [3.63, 3.8) is 0 Å². The number of nitrogens with zero attached hydrogens (tertiary/aromatic N) is 1. The molecule has 0 aromatic heterocycles. The van der Waals surface area contributed by atoms with E-state index in [4.69, 9.17) is 4.74 Å². The SMILES string of the molecule is C=C(CSc1ccccc1[N+](=O)[O-])C(=O)OCC. The van der Waals surface area contributed by atoms with Gasteiger partial charge in [-0.1, -0.05) is 18.7 Å². The fraction of sp³-hybridized carbons (Fsp3) is 0.250. The van der Waals surface area contributed by atoms with Gasteiger partial charge in [-0.3, -0.25) is 10.1 Å². The third-order valence-corrected chi connectivity index (χ3v) is 3.18. The standard InChI is InChI=1S/C12H13NO4S/c1-3-17-12(14)9(2)8-18-11-7-5-4-6-10(11)13(15)16/h4-7H,2-3,8H2,1H3. The van der Waals surface area contributed by atoms with E-state index < -0.39 is 10.9 Å². The van der Waals surface area contributed by atoms with E-state index >= 15 is 0 Å². The van der Waals surface area contributed by atoms with E-state index in [1.54, 1.807) is 25.1 Å². The smallest absolute Gasteiger partial charge is 0.334 e. The molecule has 1 aromatic carbocycles. The van der Waals surface area contributed by atoms with Gasteiger partial charge in [0, 0.05) is 17.4 Å². The van der Waals surface area contributed by atoms with Crippen LogP contribution in [0.15, 0.2) is 41.3 Å². The highest BCUT2D eigenvalue weighted by Gasteiger charge is 2.15. The number of nitro benzene ring substituents is 1. The zero-order valence-corrected chi connectivity index (χ0v) is 10.7. The number of thioether (sulfide) groups is 1. The summed E-state index contributed by atoms with van der Waals surface area (Å²) in [6.45, 7) is 5.59. The summed E-state index contributed by atoms with van der Waals surface area (Å²) in [5.74, 6) is -0.201. The Balaban J connectivity index is 2.66. The van der Waals surface area contributed by atoms with Crippen molar-refractivity contribution in [2.45, 2.75) is 11.8 Å². The predicted molar refractivity (Wildman–Crippen MR) is 69.6 cm³/mol. The van der Waals surface area contributed by atoms with E-state index in [1.165, 1.54) is 17.8 Å². The summed E-state index contributed by atoms with van der Waals surface area (Å²) in [5.41, 5.74) is 0.319. The van der Waals surface area contributed by atoms with Gasteiger partial charge in [0.15, 0.2) is 0 Å². The molecule has 0 aliphatic heterocycles. The minimum absolute atomic E-state index is 0.0270. The molecule has 1 rings (SSSR count). The largest absolute Gasteiger partial charge is 0.463 e. The number of hydrogen-bond acceptors (Lipinski definition) is 5. The van der Waals surface area contributed by atoms with Crippen LogP contribution in [0.4, 0.5) is 5.69 Å². The molecule has 0 N–H and O–H groups in total. The number of rotatable bonds is 6. The molecule has 0 unspecified atom stereocenters. The molecule has 18 heavy (non-hydrogen) atoms. The Kier molecular flexibility index (Phi) is 5.38. The molecule has 0 saturated carbocycles. The van der Waals surface area contributed by atoms with Crippen molar-refractivity contribution < 1.29 is 14.5 Å². The van der Waals surface area contributed by atoms with Gasteiger partial charge in [-0.25, -0.2) is 4.79 Å². The molecule has 0 aliphatic rings. The minimum Gasteiger partial charge on any atom is -0.463 e. The molecule has 0 heterocycles. The highest BCUT2D eigenvalue weighted by atomic mass is 32.2. The Morgan fingerprint density at radius 3 is 2.78 bits per heavy atom. The Labute approximate surface area is 109 Å². The maximum absolute atomic E-state index is 11.3. The third kappa shape index (κ3) is 3.89. The number of nitro groups is 1. The molecule has 1 aromatic rings. The van der Waals surface area contributed by atoms with Crippen LogP contribution in [-0.2, 0) is 9.53 Å². The average molecular weight is 267 g/mol. The molecule has 0 spiro atoms. The second-order valence-corrected chi connectivity index (χ2v) is 4.35. The number of para-hydroxylation sites is 1. The number of hydrogen-bond donors (Lipinski definition) is 0. The number of benzene rings is 1. The predicted octanol–water partition coefficient (Wildman–Crippen LogP) is 2.81. The lowest BCUT2D eigenvalue weighted by Gasteiger charge is -2.05. The summed E-state index contributed by atoms with van der Waals surface area (Å²) >= 11 is 1.20. The molecule has 5 nitrogen and oxygen atoms in total. The monoisotopic (exact) mass is 267 g/mol. The summed E-state index contributed by atoms with van der Waals surface area (Å²) in [6, 6.07) is 6.38. The van der Waals surface area contributed by atoms with Crippen LogP contribution in [0.2, 0.25) is 0 Å². The first-order valence-corrected chi connectivity index (χ1v) is 6.26. The quantitative estimate of drug-likeness (QED) is 0.260. The van der Waals surface area contributed by atoms with E-state index in [-0.39, 0.29) is 18.0 Å². The van der Waals surface area contributed by atoms with E-state index in [0.717, 1.165) is 0 Å². The lowest BCUT2D eigenvalue weighted by molar-refractivity contribution is -0.387. The van der Waals surface area contributed by atoms with Crippen molar-refractivity contribution >= 4 is 23.4 Å². The van der Waals surface area contributed by atoms with Crippen LogP contribution in [-0.4, -0.2) is 23.3 Å². The Morgan fingerprint density at radius 1 is 1.50 bits per heavy atom. The summed E-state index contributed by atoms with van der Waals surface area (Å²) in [6.07, 6.45) is 0. The minimum atomic E-state index is -0.469. The molecule has 0 aliphatic carbocycles. The fourth-order valence-corrected chi connectivity index (χ4v) is 2.10. The van der Waals surface area contributed by atoms with Crippen LogP contribution >= 0.6 is 11.8 Å². The molecule has 96 valence electrons. The molecule has 0 atom stereocenters. The molecule has 0 fully saturated rings. The highest BCUT2D eigenvalue weighted by Crippen LogP contribution is 2.29. The van der Waals surface area contributed by atoms with E-state index in [0.29, 0.717) is 10.5 Å². The summed E-state index contributed by atoms with van der Waals surface area (Å²) in [5, 5.41) is 10.8. The van der Waals surface area contributed by atoms with Crippen molar-refractivity contribution in [1.82, 2.24) is 0 Å². The lowest BCUT2D eigenvalue weighted by atomic mass is 10.3. The third-order valence-electron chi connectivity index (χ3n) is 2.03. The topological polar surface area (TPSA) is 69.4 Å². The normalized spacial score (nSPS) is 9.83. The van der Waals surface area contributed by atoms with Crippen molar-refractivity contribution in [2.75, 3.05) is 12.4 Å². The number of esters is 1. The molecule has 6 heteroatoms. The van der Waals surface area contributed by atoms with Gasteiger partial charge in [0.2, 0.25) is 0 Å². The maximum atomic E-state index is 11.3. The van der Waals surface area contributed by atoms with E-state index in [1.807, 2.05) is 0 Å². The molecular formula is C12H13NO4S. The Bertz CT molecular complexity index is 473. The summed E-state index contributed by atoms with van der Waals surface area (Å²) < 4.78 is 4.78. The van der Waals surface area contributed by atoms with Gasteiger partial charge in [-0.15, -0.1) is 11.8 Å². The van der Waals surface area contributed by atoms with Gasteiger partial charge in [0.05, 0.1) is 16.4 Å². The van der Waals surface area contributed by atoms with Crippen molar-refractivity contribution in [1.29, 1.82) is 0 Å². The van der Waals surface area contributed by atoms with Crippen LogP contribution in [0.25, 0.3) is 0 Å². The van der Waals surface area contributed by atoms with Crippen molar-refractivity contribution in [3.05, 3.63) is 46.5 Å². The lowest BCUT2D eigenvalue weighted by Crippen LogP contribution is -2.08. The molecule has 0 bridgehead atoms. The number of ether oxygens (including phenoxy) is 1. The molecule has 0 saturated heterocycles. The first kappa shape index (κ1) is 14.2. The van der Waals surface area contributed by atoms with Crippen LogP contribution in [0.5, 0.6) is 0 Å². The molecule has 0 amide bonds. The highest BCUT2D eigenvalue weighted by molar-refractivity contribution is 7.99. The van der Waals surface area contributed by atoms with Crippen molar-refractivity contribution in [2.24, 2.45) is 0 Å². The van der Waals surface area contributed by atoms with E-state index in [2.05, 4.69) is 6.58 Å². The van der Waals surface area contributed by atoms with Crippen LogP contribution in [0.3, 0.4) is 0 Å². The Morgan fingerprint density at radius 2 is 2.17 bits per heavy atom. The van der Waals surface area contributed by atoms with E-state index in [9.17, 15) is 14.9 Å². The molecule has 0 radical (unpaired) electrons. The summed E-state index contributed by atoms with van der Waals surface area (Å²) in [4.78, 5) is 22.2. The van der Waals surface area contributed by atoms with Gasteiger partial charge in [-0.2, -0.15) is 0 Å². The molecular weight excluding hydrogens is 254 g/mol. The van der Waals surface area contributed by atoms with Crippen LogP contribution in [0.1, 0.15) is 6.92 Å². The van der Waals surface area contributed by atoms with Gasteiger partial charge >= 0.3 is 5.97 Å². The first-order valence-electron chi connectivity index (χ1n) is 5.27. The zero-order chi connectivity index (χ0) is 13.5. The zero-order valence-electron chi connectivity index (χ0n) is 9.92. The van der Waals surface area contributed by atoms with Gasteiger partial charge in [0.1, 0.15) is 0 Å². The second-order valence-electron chi connectivity index (χ2n) is 3.34. The fourth-order valence-electron chi connectivity index (χ4n) is 1.19. The summed E-state index contributed by atoms with van der Waals surface area (Å²) in [7, 11) is 0. The van der Waals surface area contributed by atoms with Gasteiger partial charge < -0.3 is 4.74 Å². The average Bonchev–Trinajstić information content (AvgIpc) is 2.36.